The van der Waals surface area contributed by atoms with Crippen LogP contribution in [-0.4, -0.2) is 35.9 Å². The van der Waals surface area contributed by atoms with Crippen molar-refractivity contribution in [3.05, 3.63) is 65.7 Å². The van der Waals surface area contributed by atoms with Crippen molar-refractivity contribution in [2.75, 3.05) is 5.32 Å². The molecule has 10 heteroatoms. The van der Waals surface area contributed by atoms with Crippen molar-refractivity contribution in [1.82, 2.24) is 5.32 Å². The molecule has 2 aromatic rings. The van der Waals surface area contributed by atoms with Crippen LogP contribution in [0.1, 0.15) is 16.4 Å². The van der Waals surface area contributed by atoms with Gasteiger partial charge >= 0.3 is 11.9 Å². The summed E-state index contributed by atoms with van der Waals surface area (Å²) in [6.45, 7) is -0.0307. The fraction of sp³-hybridized carbons (Fsp3) is 0.118. The van der Waals surface area contributed by atoms with E-state index in [9.17, 15) is 27.4 Å². The van der Waals surface area contributed by atoms with Gasteiger partial charge < -0.3 is 15.7 Å². The van der Waals surface area contributed by atoms with Crippen LogP contribution in [0.15, 0.2) is 54.6 Å². The normalized spacial score (nSPS) is 12.0. The van der Waals surface area contributed by atoms with E-state index in [1.165, 1.54) is 36.4 Å². The summed E-state index contributed by atoms with van der Waals surface area (Å²) in [7, 11) is -4.69. The molecule has 0 spiro atoms. The molecule has 142 valence electrons. The van der Waals surface area contributed by atoms with Gasteiger partial charge in [-0.3, -0.25) is 14.1 Å². The second-order valence-electron chi connectivity index (χ2n) is 5.48. The standard InChI is InChI=1S/C17H16N2O7S/c20-15(14(27(24,25)26)12-4-2-1-3-5-12)19-13-8-6-11(7-9-13)10-18-16(21)17(22)23/h1-9,14H,10H2,(H,18,21)(H,19,20)(H,22,23)(H,24,25,26). The summed E-state index contributed by atoms with van der Waals surface area (Å²) in [5.41, 5.74) is 0.945. The van der Waals surface area contributed by atoms with Gasteiger partial charge in [0.15, 0.2) is 5.25 Å². The van der Waals surface area contributed by atoms with E-state index in [2.05, 4.69) is 10.6 Å². The van der Waals surface area contributed by atoms with E-state index in [0.29, 0.717) is 5.56 Å². The van der Waals surface area contributed by atoms with Crippen LogP contribution in [-0.2, 0) is 31.0 Å². The summed E-state index contributed by atoms with van der Waals surface area (Å²) in [5.74, 6) is -3.68. The molecule has 0 heterocycles. The lowest BCUT2D eigenvalue weighted by molar-refractivity contribution is -0.150. The summed E-state index contributed by atoms with van der Waals surface area (Å²) in [6.07, 6.45) is 0. The van der Waals surface area contributed by atoms with Gasteiger partial charge in [-0.2, -0.15) is 8.42 Å². The first-order valence-corrected chi connectivity index (χ1v) is 9.11. The van der Waals surface area contributed by atoms with E-state index in [0.717, 1.165) is 0 Å². The molecule has 0 aliphatic heterocycles. The molecule has 2 rings (SSSR count). The Morgan fingerprint density at radius 3 is 2.07 bits per heavy atom. The maximum atomic E-state index is 12.4. The molecular formula is C17H16N2O7S. The second kappa shape index (κ2) is 8.43. The second-order valence-corrected chi connectivity index (χ2v) is 6.98. The molecule has 0 saturated heterocycles. The number of carbonyl (C=O) groups excluding carboxylic acids is 2. The van der Waals surface area contributed by atoms with Gasteiger partial charge in [-0.15, -0.1) is 0 Å². The molecule has 0 aliphatic carbocycles. The minimum atomic E-state index is -4.69. The Morgan fingerprint density at radius 2 is 1.56 bits per heavy atom. The van der Waals surface area contributed by atoms with E-state index in [4.69, 9.17) is 5.11 Å². The van der Waals surface area contributed by atoms with Crippen LogP contribution in [0.3, 0.4) is 0 Å². The minimum Gasteiger partial charge on any atom is -0.474 e. The van der Waals surface area contributed by atoms with Gasteiger partial charge in [-0.1, -0.05) is 42.5 Å². The number of amides is 2. The lowest BCUT2D eigenvalue weighted by Gasteiger charge is -2.14. The molecule has 0 aromatic heterocycles. The van der Waals surface area contributed by atoms with Gasteiger partial charge in [0.05, 0.1) is 0 Å². The summed E-state index contributed by atoms with van der Waals surface area (Å²) >= 11 is 0. The Labute approximate surface area is 154 Å². The van der Waals surface area contributed by atoms with Gasteiger partial charge in [0.2, 0.25) is 5.91 Å². The predicted molar refractivity (Wildman–Crippen MR) is 95.3 cm³/mol. The van der Waals surface area contributed by atoms with Crippen LogP contribution in [0.25, 0.3) is 0 Å². The Hall–Kier alpha value is -3.24. The first kappa shape index (κ1) is 20.1. The average Bonchev–Trinajstić information content (AvgIpc) is 2.60. The topological polar surface area (TPSA) is 150 Å². The molecule has 4 N–H and O–H groups in total. The Morgan fingerprint density at radius 1 is 0.963 bits per heavy atom. The van der Waals surface area contributed by atoms with E-state index < -0.39 is 33.2 Å². The van der Waals surface area contributed by atoms with Crippen LogP contribution in [0.4, 0.5) is 5.69 Å². The SMILES string of the molecule is O=C(O)C(=O)NCc1ccc(NC(=O)C(c2ccccc2)S(=O)(=O)O)cc1. The molecule has 27 heavy (non-hydrogen) atoms. The number of carboxylic acid groups (broad SMARTS) is 1. The number of hydrogen-bond donors (Lipinski definition) is 4. The third kappa shape index (κ3) is 5.62. The number of nitrogens with one attached hydrogen (secondary N) is 2. The zero-order valence-corrected chi connectivity index (χ0v) is 14.6. The minimum absolute atomic E-state index is 0.0307. The van der Waals surface area contributed by atoms with Crippen molar-refractivity contribution < 1.29 is 32.5 Å². The van der Waals surface area contributed by atoms with E-state index in [1.54, 1.807) is 18.2 Å². The summed E-state index contributed by atoms with van der Waals surface area (Å²) in [4.78, 5) is 33.8. The van der Waals surface area contributed by atoms with Crippen molar-refractivity contribution in [2.24, 2.45) is 0 Å². The van der Waals surface area contributed by atoms with Crippen molar-refractivity contribution in [3.8, 4) is 0 Å². The molecule has 1 atom stereocenters. The highest BCUT2D eigenvalue weighted by atomic mass is 32.2. The maximum Gasteiger partial charge on any atom is 0.394 e. The number of hydrogen-bond acceptors (Lipinski definition) is 5. The highest BCUT2D eigenvalue weighted by molar-refractivity contribution is 7.86. The van der Waals surface area contributed by atoms with Crippen LogP contribution in [0, 0.1) is 0 Å². The number of anilines is 1. The van der Waals surface area contributed by atoms with Crippen molar-refractivity contribution in [1.29, 1.82) is 0 Å². The number of carbonyl (C=O) groups is 3. The molecule has 2 aromatic carbocycles. The maximum absolute atomic E-state index is 12.4. The molecule has 0 radical (unpaired) electrons. The van der Waals surface area contributed by atoms with Crippen LogP contribution in [0.5, 0.6) is 0 Å². The molecular weight excluding hydrogens is 376 g/mol. The number of benzene rings is 2. The summed E-state index contributed by atoms with van der Waals surface area (Å²) in [6, 6.07) is 13.5. The zero-order chi connectivity index (χ0) is 20.0. The van der Waals surface area contributed by atoms with Crippen LogP contribution in [0.2, 0.25) is 0 Å². The molecule has 0 bridgehead atoms. The molecule has 0 fully saturated rings. The molecule has 1 unspecified atom stereocenters. The van der Waals surface area contributed by atoms with Crippen molar-refractivity contribution in [2.45, 2.75) is 11.8 Å². The number of aliphatic carboxylic acids is 1. The van der Waals surface area contributed by atoms with E-state index in [1.807, 2.05) is 0 Å². The van der Waals surface area contributed by atoms with Gasteiger partial charge in [0.25, 0.3) is 10.1 Å². The predicted octanol–water partition coefficient (Wildman–Crippen LogP) is 0.955. The van der Waals surface area contributed by atoms with Crippen molar-refractivity contribution in [3.63, 3.8) is 0 Å². The molecule has 2 amide bonds. The third-order valence-electron chi connectivity index (χ3n) is 3.51. The lowest BCUT2D eigenvalue weighted by atomic mass is 10.1. The highest BCUT2D eigenvalue weighted by Gasteiger charge is 2.32. The Kier molecular flexibility index (Phi) is 6.27. The lowest BCUT2D eigenvalue weighted by Crippen LogP contribution is -2.30. The average molecular weight is 392 g/mol. The largest absolute Gasteiger partial charge is 0.474 e. The fourth-order valence-corrected chi connectivity index (χ4v) is 3.09. The smallest absolute Gasteiger partial charge is 0.394 e. The summed E-state index contributed by atoms with van der Waals surface area (Å²) in [5, 5.41) is 11.3. The molecule has 9 nitrogen and oxygen atoms in total. The first-order valence-electron chi connectivity index (χ1n) is 7.60. The Balaban J connectivity index is 2.10. The molecule has 0 saturated carbocycles. The van der Waals surface area contributed by atoms with Gasteiger partial charge in [0, 0.05) is 12.2 Å². The van der Waals surface area contributed by atoms with Gasteiger partial charge in [0.1, 0.15) is 0 Å². The first-order chi connectivity index (χ1) is 12.7. The molecule has 0 aliphatic rings. The fourth-order valence-electron chi connectivity index (χ4n) is 2.26. The monoisotopic (exact) mass is 392 g/mol. The van der Waals surface area contributed by atoms with E-state index >= 15 is 0 Å². The number of carboxylic acids is 1. The van der Waals surface area contributed by atoms with Gasteiger partial charge in [-0.25, -0.2) is 4.79 Å². The van der Waals surface area contributed by atoms with Crippen LogP contribution < -0.4 is 10.6 Å². The van der Waals surface area contributed by atoms with Crippen molar-refractivity contribution >= 4 is 33.6 Å². The number of rotatable bonds is 6. The Bertz CT molecular complexity index is 941. The third-order valence-corrected chi connectivity index (χ3v) is 4.59. The quantitative estimate of drug-likeness (QED) is 0.422. The van der Waals surface area contributed by atoms with Crippen LogP contribution >= 0.6 is 0 Å². The van der Waals surface area contributed by atoms with Gasteiger partial charge in [-0.05, 0) is 23.3 Å². The van der Waals surface area contributed by atoms with E-state index in [-0.39, 0.29) is 17.8 Å². The zero-order valence-electron chi connectivity index (χ0n) is 13.8. The summed E-state index contributed by atoms with van der Waals surface area (Å²) < 4.78 is 32.7. The highest BCUT2D eigenvalue weighted by Crippen LogP contribution is 2.23.